The van der Waals surface area contributed by atoms with Gasteiger partial charge < -0.3 is 9.88 Å². The van der Waals surface area contributed by atoms with Crippen molar-refractivity contribution in [3.8, 4) is 0 Å². The number of benzene rings is 1. The summed E-state index contributed by atoms with van der Waals surface area (Å²) in [5.74, 6) is 1.12. The second kappa shape index (κ2) is 6.07. The monoisotopic (exact) mass is 250 g/mol. The van der Waals surface area contributed by atoms with Crippen LogP contribution in [0, 0.1) is 0 Å². The first-order valence-electron chi connectivity index (χ1n) is 6.24. The Balaban J connectivity index is 1.90. The molecule has 0 radical (unpaired) electrons. The molecule has 4 heteroatoms. The Bertz CT molecular complexity index is 429. The summed E-state index contributed by atoms with van der Waals surface area (Å²) < 4.78 is 0. The molecule has 0 aliphatic rings. The molecule has 1 aromatic carbocycles. The largest absolute Gasteiger partial charge is 0.335 e. The number of para-hydroxylation sites is 2. The van der Waals surface area contributed by atoms with E-state index >= 15 is 0 Å². The lowest BCUT2D eigenvalue weighted by Gasteiger charge is -2.13. The maximum absolute atomic E-state index is 4.56. The summed E-state index contributed by atoms with van der Waals surface area (Å²) in [4.78, 5) is 9.55. The van der Waals surface area contributed by atoms with Gasteiger partial charge in [0, 0.05) is 0 Å². The smallest absolute Gasteiger partial charge is 0.166 e. The molecule has 2 aromatic rings. The van der Waals surface area contributed by atoms with Crippen molar-refractivity contribution in [3.05, 3.63) is 24.3 Å². The van der Waals surface area contributed by atoms with Gasteiger partial charge in [-0.2, -0.15) is 0 Å². The third-order valence-electron chi connectivity index (χ3n) is 3.06. The Morgan fingerprint density at radius 2 is 2.00 bits per heavy atom. The van der Waals surface area contributed by atoms with Crippen LogP contribution in [0.15, 0.2) is 29.4 Å². The lowest BCUT2D eigenvalue weighted by atomic mass is 10.3. The van der Waals surface area contributed by atoms with E-state index < -0.39 is 0 Å². The first-order chi connectivity index (χ1) is 8.33. The Morgan fingerprint density at radius 3 is 2.71 bits per heavy atom. The van der Waals surface area contributed by atoms with Crippen LogP contribution in [0.25, 0.3) is 11.0 Å². The predicted octanol–water partition coefficient (Wildman–Crippen LogP) is 1.58. The number of hydrogen-bond acceptors (Lipinski definition) is 2. The maximum atomic E-state index is 4.56. The summed E-state index contributed by atoms with van der Waals surface area (Å²) in [7, 11) is 0. The van der Waals surface area contributed by atoms with Gasteiger partial charge in [0.2, 0.25) is 0 Å². The van der Waals surface area contributed by atoms with Crippen LogP contribution >= 0.6 is 11.8 Å². The van der Waals surface area contributed by atoms with Crippen LogP contribution < -0.4 is 4.90 Å². The van der Waals surface area contributed by atoms with Gasteiger partial charge in [-0.3, -0.25) is 0 Å². The number of fused-ring (bicyclic) bond motifs is 1. The Morgan fingerprint density at radius 1 is 1.24 bits per heavy atom. The SMILES string of the molecule is CC[NH+](CC)CCSc1nc2ccccc2[nH]1. The number of aromatic amines is 1. The highest BCUT2D eigenvalue weighted by Gasteiger charge is 2.05. The average molecular weight is 250 g/mol. The van der Waals surface area contributed by atoms with Gasteiger partial charge in [-0.05, 0) is 26.0 Å². The zero-order valence-electron chi connectivity index (χ0n) is 10.5. The molecule has 0 spiro atoms. The molecule has 1 heterocycles. The summed E-state index contributed by atoms with van der Waals surface area (Å²) in [6, 6.07) is 8.18. The standard InChI is InChI=1S/C13H19N3S/c1-3-16(4-2)9-10-17-13-14-11-7-5-6-8-12(11)15-13/h5-8H,3-4,9-10H2,1-2H3,(H,14,15)/p+1. The lowest BCUT2D eigenvalue weighted by molar-refractivity contribution is -0.893. The molecule has 92 valence electrons. The van der Waals surface area contributed by atoms with E-state index in [9.17, 15) is 0 Å². The molecule has 0 aliphatic carbocycles. The van der Waals surface area contributed by atoms with Gasteiger partial charge in [0.15, 0.2) is 5.16 Å². The Labute approximate surface area is 107 Å². The fourth-order valence-corrected chi connectivity index (χ4v) is 2.82. The molecule has 0 aliphatic heterocycles. The maximum Gasteiger partial charge on any atom is 0.166 e. The van der Waals surface area contributed by atoms with Gasteiger partial charge in [-0.25, -0.2) is 4.98 Å². The van der Waals surface area contributed by atoms with Gasteiger partial charge in [0.05, 0.1) is 36.4 Å². The van der Waals surface area contributed by atoms with E-state index in [4.69, 9.17) is 0 Å². The van der Waals surface area contributed by atoms with Crippen molar-refractivity contribution in [2.75, 3.05) is 25.4 Å². The predicted molar refractivity (Wildman–Crippen MR) is 73.7 cm³/mol. The minimum Gasteiger partial charge on any atom is -0.335 e. The lowest BCUT2D eigenvalue weighted by Crippen LogP contribution is -3.11. The third kappa shape index (κ3) is 3.23. The summed E-state index contributed by atoms with van der Waals surface area (Å²) in [5.41, 5.74) is 2.19. The van der Waals surface area contributed by atoms with Gasteiger partial charge in [-0.1, -0.05) is 23.9 Å². The third-order valence-corrected chi connectivity index (χ3v) is 3.94. The molecular weight excluding hydrogens is 230 g/mol. The minimum absolute atomic E-state index is 1.04. The summed E-state index contributed by atoms with van der Waals surface area (Å²) in [5, 5.41) is 1.04. The fraction of sp³-hybridized carbons (Fsp3) is 0.462. The van der Waals surface area contributed by atoms with Crippen LogP contribution in [0.4, 0.5) is 0 Å². The van der Waals surface area contributed by atoms with Gasteiger partial charge in [-0.15, -0.1) is 0 Å². The highest BCUT2D eigenvalue weighted by molar-refractivity contribution is 7.99. The summed E-state index contributed by atoms with van der Waals surface area (Å²) in [6.45, 7) is 8.10. The Kier molecular flexibility index (Phi) is 4.45. The van der Waals surface area contributed by atoms with Crippen LogP contribution in [0.1, 0.15) is 13.8 Å². The molecule has 0 saturated carbocycles. The van der Waals surface area contributed by atoms with Crippen molar-refractivity contribution >= 4 is 22.8 Å². The van der Waals surface area contributed by atoms with E-state index in [1.54, 1.807) is 4.90 Å². The highest BCUT2D eigenvalue weighted by atomic mass is 32.2. The van der Waals surface area contributed by atoms with E-state index in [-0.39, 0.29) is 0 Å². The van der Waals surface area contributed by atoms with Crippen LogP contribution in [-0.2, 0) is 0 Å². The van der Waals surface area contributed by atoms with E-state index in [0.717, 1.165) is 21.9 Å². The van der Waals surface area contributed by atoms with Crippen molar-refractivity contribution in [1.82, 2.24) is 9.97 Å². The van der Waals surface area contributed by atoms with Gasteiger partial charge >= 0.3 is 0 Å². The van der Waals surface area contributed by atoms with Crippen molar-refractivity contribution in [3.63, 3.8) is 0 Å². The fourth-order valence-electron chi connectivity index (χ4n) is 1.89. The average Bonchev–Trinajstić information content (AvgIpc) is 2.77. The van der Waals surface area contributed by atoms with E-state index in [0.29, 0.717) is 0 Å². The Hall–Kier alpha value is -1.00. The molecular formula is C13H20N3S+. The van der Waals surface area contributed by atoms with E-state index in [1.807, 2.05) is 30.0 Å². The zero-order valence-corrected chi connectivity index (χ0v) is 11.3. The van der Waals surface area contributed by atoms with Crippen molar-refractivity contribution < 1.29 is 4.90 Å². The number of thioether (sulfide) groups is 1. The van der Waals surface area contributed by atoms with Crippen molar-refractivity contribution in [1.29, 1.82) is 0 Å². The van der Waals surface area contributed by atoms with Crippen molar-refractivity contribution in [2.45, 2.75) is 19.0 Å². The number of nitrogens with zero attached hydrogens (tertiary/aromatic N) is 1. The highest BCUT2D eigenvalue weighted by Crippen LogP contribution is 2.18. The summed E-state index contributed by atoms with van der Waals surface area (Å²) in [6.07, 6.45) is 0. The normalized spacial score (nSPS) is 11.5. The number of hydrogen-bond donors (Lipinski definition) is 2. The molecule has 17 heavy (non-hydrogen) atoms. The summed E-state index contributed by atoms with van der Waals surface area (Å²) >= 11 is 1.82. The van der Waals surface area contributed by atoms with Crippen LogP contribution in [0.3, 0.4) is 0 Å². The molecule has 0 saturated heterocycles. The number of nitrogens with one attached hydrogen (secondary N) is 2. The molecule has 0 unspecified atom stereocenters. The molecule has 2 rings (SSSR count). The number of rotatable bonds is 6. The van der Waals surface area contributed by atoms with Gasteiger partial charge in [0.1, 0.15) is 0 Å². The zero-order chi connectivity index (χ0) is 12.1. The molecule has 0 atom stereocenters. The van der Waals surface area contributed by atoms with Crippen LogP contribution in [-0.4, -0.2) is 35.4 Å². The number of quaternary nitrogens is 1. The molecule has 0 fully saturated rings. The number of H-pyrrole nitrogens is 1. The first kappa shape index (κ1) is 12.5. The minimum atomic E-state index is 1.04. The number of aromatic nitrogens is 2. The topological polar surface area (TPSA) is 33.1 Å². The van der Waals surface area contributed by atoms with E-state index in [2.05, 4.69) is 29.9 Å². The first-order valence-corrected chi connectivity index (χ1v) is 7.23. The molecule has 0 bridgehead atoms. The second-order valence-corrected chi connectivity index (χ2v) is 5.20. The molecule has 1 aromatic heterocycles. The molecule has 0 amide bonds. The molecule has 3 nitrogen and oxygen atoms in total. The quantitative estimate of drug-likeness (QED) is 0.763. The van der Waals surface area contributed by atoms with Crippen LogP contribution in [0.5, 0.6) is 0 Å². The van der Waals surface area contributed by atoms with Crippen LogP contribution in [0.2, 0.25) is 0 Å². The number of imidazole rings is 1. The van der Waals surface area contributed by atoms with E-state index in [1.165, 1.54) is 19.6 Å². The second-order valence-electron chi connectivity index (χ2n) is 4.11. The molecule has 2 N–H and O–H groups in total. The van der Waals surface area contributed by atoms with Crippen molar-refractivity contribution in [2.24, 2.45) is 0 Å². The van der Waals surface area contributed by atoms with Gasteiger partial charge in [0.25, 0.3) is 0 Å².